The van der Waals surface area contributed by atoms with Gasteiger partial charge in [0.05, 0.1) is 5.56 Å². The molecule has 0 fully saturated rings. The first-order valence-electron chi connectivity index (χ1n) is 8.98. The third-order valence-electron chi connectivity index (χ3n) is 4.06. The molecule has 0 unspecified atom stereocenters. The van der Waals surface area contributed by atoms with Gasteiger partial charge in [0.15, 0.2) is 5.75 Å². The Hall–Kier alpha value is -2.90. The first kappa shape index (κ1) is 22.8. The maximum atomic E-state index is 12.8. The molecule has 0 atom stereocenters. The molecule has 0 saturated heterocycles. The highest BCUT2D eigenvalue weighted by Gasteiger charge is 2.35. The van der Waals surface area contributed by atoms with Crippen LogP contribution in [-0.4, -0.2) is 10.2 Å². The van der Waals surface area contributed by atoms with Crippen LogP contribution in [0.1, 0.15) is 11.1 Å². The van der Waals surface area contributed by atoms with E-state index in [0.29, 0.717) is 17.1 Å². The van der Waals surface area contributed by atoms with Crippen molar-refractivity contribution in [2.45, 2.75) is 16.9 Å². The maximum Gasteiger partial charge on any atom is 0.416 e. The van der Waals surface area contributed by atoms with Crippen LogP contribution in [0.25, 0.3) is 0 Å². The summed E-state index contributed by atoms with van der Waals surface area (Å²) in [4.78, 5) is 17.3. The van der Waals surface area contributed by atoms with E-state index in [1.165, 1.54) is 6.07 Å². The number of para-hydroxylation sites is 1. The summed E-state index contributed by atoms with van der Waals surface area (Å²) in [6.07, 6.45) is -4.64. The molecule has 0 heterocycles. The first-order valence-corrected chi connectivity index (χ1v) is 9.73. The Labute approximate surface area is 186 Å². The normalized spacial score (nSPS) is 11.6. The zero-order chi connectivity index (χ0) is 22.5. The molecule has 0 aliphatic carbocycles. The van der Waals surface area contributed by atoms with Gasteiger partial charge in [-0.2, -0.15) is 18.7 Å². The van der Waals surface area contributed by atoms with Crippen molar-refractivity contribution in [1.29, 1.82) is 0 Å². The lowest BCUT2D eigenvalue weighted by Crippen LogP contribution is -2.41. The lowest BCUT2D eigenvalue weighted by molar-refractivity contribution is -0.137. The van der Waals surface area contributed by atoms with Crippen LogP contribution < -0.4 is 15.1 Å². The van der Waals surface area contributed by atoms with Crippen LogP contribution in [0.2, 0.25) is 0 Å². The molecule has 0 aliphatic heterocycles. The fraction of sp³-hybridized carbons (Fsp3) is 0.136. The van der Waals surface area contributed by atoms with Crippen molar-refractivity contribution < 1.29 is 27.5 Å². The van der Waals surface area contributed by atoms with Gasteiger partial charge in [-0.15, -0.1) is 0 Å². The van der Waals surface area contributed by atoms with Crippen molar-refractivity contribution in [2.75, 3.05) is 0 Å². The molecule has 0 spiro atoms. The standard InChI is InChI=1S/C22H16Cl2F3NO3/c23-21(24,20(29)28-31-19-11-5-7-16(13-19)22(25,26)27)14-15-6-4-10-18(12-15)30-17-8-2-1-3-9-17/h1-13H,14H2,(H,28,29). The highest BCUT2D eigenvalue weighted by molar-refractivity contribution is 6.58. The predicted octanol–water partition coefficient (Wildman–Crippen LogP) is 6.32. The number of rotatable bonds is 7. The van der Waals surface area contributed by atoms with Gasteiger partial charge in [-0.05, 0) is 48.0 Å². The Kier molecular flexibility index (Phi) is 6.97. The van der Waals surface area contributed by atoms with Crippen LogP contribution in [0.3, 0.4) is 0 Å². The quantitative estimate of drug-likeness (QED) is 0.325. The highest BCUT2D eigenvalue weighted by Crippen LogP contribution is 2.32. The fourth-order valence-corrected chi connectivity index (χ4v) is 2.98. The van der Waals surface area contributed by atoms with Gasteiger partial charge in [0.2, 0.25) is 4.33 Å². The van der Waals surface area contributed by atoms with E-state index in [0.717, 1.165) is 18.2 Å². The highest BCUT2D eigenvalue weighted by atomic mass is 35.5. The van der Waals surface area contributed by atoms with Crippen molar-refractivity contribution >= 4 is 29.1 Å². The van der Waals surface area contributed by atoms with Crippen molar-refractivity contribution in [2.24, 2.45) is 0 Å². The molecule has 31 heavy (non-hydrogen) atoms. The molecular formula is C22H16Cl2F3NO3. The van der Waals surface area contributed by atoms with E-state index in [-0.39, 0.29) is 12.2 Å². The Morgan fingerprint density at radius 1 is 0.839 bits per heavy atom. The molecule has 0 radical (unpaired) electrons. The number of amides is 1. The molecule has 162 valence electrons. The first-order chi connectivity index (χ1) is 14.6. The van der Waals surface area contributed by atoms with Gasteiger partial charge in [0, 0.05) is 6.42 Å². The fourth-order valence-electron chi connectivity index (χ4n) is 2.60. The molecule has 3 rings (SSSR count). The molecule has 0 bridgehead atoms. The zero-order valence-corrected chi connectivity index (χ0v) is 17.3. The number of nitrogens with one attached hydrogen (secondary N) is 1. The molecule has 3 aromatic carbocycles. The van der Waals surface area contributed by atoms with E-state index in [9.17, 15) is 18.0 Å². The van der Waals surface area contributed by atoms with Crippen molar-refractivity contribution in [3.05, 3.63) is 90.0 Å². The Bertz CT molecular complexity index is 1040. The van der Waals surface area contributed by atoms with E-state index in [1.807, 2.05) is 23.7 Å². The second-order valence-corrected chi connectivity index (χ2v) is 7.99. The van der Waals surface area contributed by atoms with Crippen LogP contribution in [0, 0.1) is 0 Å². The topological polar surface area (TPSA) is 47.6 Å². The number of hydrogen-bond acceptors (Lipinski definition) is 3. The molecule has 0 saturated carbocycles. The van der Waals surface area contributed by atoms with E-state index in [1.54, 1.807) is 36.4 Å². The molecule has 1 N–H and O–H groups in total. The Morgan fingerprint density at radius 3 is 2.19 bits per heavy atom. The van der Waals surface area contributed by atoms with E-state index < -0.39 is 22.0 Å². The Morgan fingerprint density at radius 2 is 1.48 bits per heavy atom. The average Bonchev–Trinajstić information content (AvgIpc) is 2.72. The number of alkyl halides is 5. The van der Waals surface area contributed by atoms with Gasteiger partial charge in [-0.25, -0.2) is 0 Å². The number of carbonyl (C=O) groups excluding carboxylic acids is 1. The minimum Gasteiger partial charge on any atom is -0.457 e. The van der Waals surface area contributed by atoms with Crippen LogP contribution in [0.15, 0.2) is 78.9 Å². The molecule has 0 aromatic heterocycles. The van der Waals surface area contributed by atoms with Gasteiger partial charge < -0.3 is 9.57 Å². The summed E-state index contributed by atoms with van der Waals surface area (Å²) in [5.74, 6) is 0.0107. The monoisotopic (exact) mass is 469 g/mol. The number of carbonyl (C=O) groups is 1. The number of hydroxylamine groups is 1. The summed E-state index contributed by atoms with van der Waals surface area (Å²) in [5.41, 5.74) is 1.68. The molecule has 0 aliphatic rings. The number of ether oxygens (including phenoxy) is 1. The summed E-state index contributed by atoms with van der Waals surface area (Å²) >= 11 is 12.3. The Balaban J connectivity index is 1.62. The lowest BCUT2D eigenvalue weighted by Gasteiger charge is -2.19. The lowest BCUT2D eigenvalue weighted by atomic mass is 10.1. The average molecular weight is 470 g/mol. The summed E-state index contributed by atoms with van der Waals surface area (Å²) in [6.45, 7) is 0. The number of benzene rings is 3. The zero-order valence-electron chi connectivity index (χ0n) is 15.8. The largest absolute Gasteiger partial charge is 0.457 e. The SMILES string of the molecule is O=C(NOc1cccc(C(F)(F)F)c1)C(Cl)(Cl)Cc1cccc(Oc2ccccc2)c1. The molecule has 9 heteroatoms. The maximum absolute atomic E-state index is 12.8. The summed E-state index contributed by atoms with van der Waals surface area (Å²) in [6, 6.07) is 20.0. The third-order valence-corrected chi connectivity index (χ3v) is 4.67. The van der Waals surface area contributed by atoms with Crippen LogP contribution in [0.4, 0.5) is 13.2 Å². The molecule has 1 amide bonds. The van der Waals surface area contributed by atoms with E-state index in [2.05, 4.69) is 0 Å². The molecular weight excluding hydrogens is 454 g/mol. The summed E-state index contributed by atoms with van der Waals surface area (Å²) < 4.78 is 42.1. The van der Waals surface area contributed by atoms with Gasteiger partial charge in [-0.1, -0.05) is 59.6 Å². The number of hydrogen-bond donors (Lipinski definition) is 1. The third kappa shape index (κ3) is 6.54. The molecule has 4 nitrogen and oxygen atoms in total. The summed E-state index contributed by atoms with van der Waals surface area (Å²) in [7, 11) is 0. The minimum atomic E-state index is -4.54. The second-order valence-electron chi connectivity index (χ2n) is 6.50. The van der Waals surface area contributed by atoms with Crippen molar-refractivity contribution in [1.82, 2.24) is 5.48 Å². The van der Waals surface area contributed by atoms with Gasteiger partial charge >= 0.3 is 6.18 Å². The van der Waals surface area contributed by atoms with Crippen LogP contribution >= 0.6 is 23.2 Å². The van der Waals surface area contributed by atoms with Crippen LogP contribution in [-0.2, 0) is 17.4 Å². The summed E-state index contributed by atoms with van der Waals surface area (Å²) in [5, 5.41) is 0. The number of halogens is 5. The van der Waals surface area contributed by atoms with Crippen LogP contribution in [0.5, 0.6) is 17.2 Å². The second kappa shape index (κ2) is 9.49. The van der Waals surface area contributed by atoms with Gasteiger partial charge in [-0.3, -0.25) is 4.79 Å². The van der Waals surface area contributed by atoms with E-state index in [4.69, 9.17) is 32.8 Å². The predicted molar refractivity (Wildman–Crippen MR) is 111 cm³/mol. The van der Waals surface area contributed by atoms with E-state index >= 15 is 0 Å². The smallest absolute Gasteiger partial charge is 0.416 e. The van der Waals surface area contributed by atoms with Crippen molar-refractivity contribution in [3.8, 4) is 17.2 Å². The van der Waals surface area contributed by atoms with Crippen molar-refractivity contribution in [3.63, 3.8) is 0 Å². The van der Waals surface area contributed by atoms with Gasteiger partial charge in [0.25, 0.3) is 5.91 Å². The minimum absolute atomic E-state index is 0.0973. The van der Waals surface area contributed by atoms with Gasteiger partial charge in [0.1, 0.15) is 11.5 Å². The molecule has 3 aromatic rings.